The maximum Gasteiger partial charge on any atom is 0.231 e. The Morgan fingerprint density at radius 1 is 1.00 bits per heavy atom. The summed E-state index contributed by atoms with van der Waals surface area (Å²) in [7, 11) is 0. The molecule has 2 aliphatic rings. The first-order valence-electron chi connectivity index (χ1n) is 19.4. The first-order valence-corrected chi connectivity index (χ1v) is 20.9. The summed E-state index contributed by atoms with van der Waals surface area (Å²) in [4.78, 5) is 13.9. The molecule has 0 saturated carbocycles. The molecule has 1 aliphatic heterocycles. The van der Waals surface area contributed by atoms with Crippen LogP contribution in [0, 0.1) is 5.82 Å². The Hall–Kier alpha value is -4.62. The number of nitrogens with one attached hydrogen (secondary N) is 1. The summed E-state index contributed by atoms with van der Waals surface area (Å²) in [6, 6.07) is 19.3. The molecule has 2 aromatic carbocycles. The number of pyridine rings is 1. The van der Waals surface area contributed by atoms with Crippen LogP contribution in [0.4, 0.5) is 16.2 Å². The van der Waals surface area contributed by atoms with Gasteiger partial charge in [0.2, 0.25) is 11.9 Å². The van der Waals surface area contributed by atoms with Crippen LogP contribution < -0.4 is 15.0 Å². The number of piperidine rings is 1. The SMILES string of the molecule is CC(=O)Nc1cc(C(C)(C)C)nn1-c1ccc(F)c(CCOS(C)=O)c1.CCC[C@H]1CC[C@@H](Oc2ccc3nnc(N4CCCCC4)n3c2)c2ccccc21. The maximum absolute atomic E-state index is 14.1. The molecule has 0 radical (unpaired) electrons. The number of nitrogens with zero attached hydrogens (tertiary/aromatic N) is 6. The highest BCUT2D eigenvalue weighted by molar-refractivity contribution is 7.79. The summed E-state index contributed by atoms with van der Waals surface area (Å²) >= 11 is -1.39. The van der Waals surface area contributed by atoms with Crippen LogP contribution in [0.3, 0.4) is 0 Å². The van der Waals surface area contributed by atoms with Crippen LogP contribution in [0.15, 0.2) is 66.9 Å². The average Bonchev–Trinajstić information content (AvgIpc) is 3.78. The molecule has 3 aromatic heterocycles. The van der Waals surface area contributed by atoms with Crippen LogP contribution in [0.2, 0.25) is 0 Å². The van der Waals surface area contributed by atoms with Gasteiger partial charge in [-0.3, -0.25) is 13.4 Å². The third-order valence-corrected chi connectivity index (χ3v) is 10.6. The molecule has 1 fully saturated rings. The number of ether oxygens (including phenoxy) is 1. The number of aromatic nitrogens is 5. The first kappa shape index (κ1) is 40.1. The number of amides is 1. The highest BCUT2D eigenvalue weighted by Crippen LogP contribution is 2.42. The van der Waals surface area contributed by atoms with Crippen molar-refractivity contribution >= 4 is 34.4 Å². The van der Waals surface area contributed by atoms with Gasteiger partial charge in [0.15, 0.2) is 16.7 Å². The van der Waals surface area contributed by atoms with Crippen molar-refractivity contribution < 1.29 is 22.3 Å². The average molecular weight is 772 g/mol. The van der Waals surface area contributed by atoms with Crippen LogP contribution in [-0.2, 0) is 31.9 Å². The molecule has 1 N–H and O–H groups in total. The van der Waals surface area contributed by atoms with Crippen molar-refractivity contribution in [2.24, 2.45) is 0 Å². The number of hydrogen-bond donors (Lipinski definition) is 1. The van der Waals surface area contributed by atoms with Gasteiger partial charge in [0.1, 0.15) is 23.5 Å². The molecule has 1 aliphatic carbocycles. The monoisotopic (exact) mass is 771 g/mol. The van der Waals surface area contributed by atoms with Gasteiger partial charge in [0.05, 0.1) is 24.2 Å². The second-order valence-electron chi connectivity index (χ2n) is 15.4. The Bertz CT molecular complexity index is 2100. The highest BCUT2D eigenvalue weighted by Gasteiger charge is 2.28. The Labute approximate surface area is 326 Å². The van der Waals surface area contributed by atoms with E-state index in [1.165, 1.54) is 68.9 Å². The van der Waals surface area contributed by atoms with Gasteiger partial charge >= 0.3 is 0 Å². The van der Waals surface area contributed by atoms with Gasteiger partial charge in [-0.2, -0.15) is 5.10 Å². The third kappa shape index (κ3) is 9.98. The Morgan fingerprint density at radius 2 is 1.76 bits per heavy atom. The van der Waals surface area contributed by atoms with E-state index in [1.54, 1.807) is 16.8 Å². The van der Waals surface area contributed by atoms with Gasteiger partial charge in [0, 0.05) is 44.2 Å². The summed E-state index contributed by atoms with van der Waals surface area (Å²) in [5, 5.41) is 16.2. The normalized spacial score (nSPS) is 17.6. The lowest BCUT2D eigenvalue weighted by Gasteiger charge is -2.32. The van der Waals surface area contributed by atoms with Crippen molar-refractivity contribution in [3.05, 3.63) is 95.1 Å². The predicted octanol–water partition coefficient (Wildman–Crippen LogP) is 8.64. The van der Waals surface area contributed by atoms with Gasteiger partial charge in [-0.1, -0.05) is 58.4 Å². The van der Waals surface area contributed by atoms with Gasteiger partial charge < -0.3 is 15.0 Å². The third-order valence-electron chi connectivity index (χ3n) is 10.1. The van der Waals surface area contributed by atoms with E-state index in [2.05, 4.69) is 67.3 Å². The fourth-order valence-electron chi connectivity index (χ4n) is 7.38. The molecular formula is C42H54FN7O4S. The zero-order chi connectivity index (χ0) is 39.1. The number of anilines is 2. The molecule has 0 bridgehead atoms. The van der Waals surface area contributed by atoms with Crippen LogP contribution in [0.1, 0.15) is 114 Å². The molecule has 5 aromatic rings. The zero-order valence-electron chi connectivity index (χ0n) is 32.9. The standard InChI is InChI=1S/C24H30N4O.C18H24FN3O3S/c1-2-8-18-11-13-22(21-10-5-4-9-20(18)21)29-19-12-14-23-25-26-24(28(23)17-19)27-15-6-3-7-16-27;1-12(23)20-17-11-16(18(2,3)4)21-22(17)14-6-7-15(19)13(10-14)8-9-25-26(5)24/h4-5,9-10,12,14,17-18,22H,2-3,6-8,11,13,15-16H2,1H3;6-7,10-11H,8-9H2,1-5H3,(H,20,23)/t18-,22+;/m0./s1. The van der Waals surface area contributed by atoms with Gasteiger partial charge in [-0.05, 0) is 91.5 Å². The fourth-order valence-corrected chi connectivity index (χ4v) is 7.70. The Balaban J connectivity index is 0.000000189. The van der Waals surface area contributed by atoms with E-state index in [4.69, 9.17) is 8.92 Å². The maximum atomic E-state index is 14.1. The summed E-state index contributed by atoms with van der Waals surface area (Å²) in [6.45, 7) is 12.0. The second kappa shape index (κ2) is 17.9. The van der Waals surface area contributed by atoms with Gasteiger partial charge in [-0.25, -0.2) is 13.3 Å². The lowest BCUT2D eigenvalue weighted by molar-refractivity contribution is -0.114. The molecule has 294 valence electrons. The minimum atomic E-state index is -1.39. The van der Waals surface area contributed by atoms with E-state index in [9.17, 15) is 13.4 Å². The predicted molar refractivity (Wildman–Crippen MR) is 216 cm³/mol. The van der Waals surface area contributed by atoms with E-state index in [0.29, 0.717) is 23.0 Å². The van der Waals surface area contributed by atoms with E-state index < -0.39 is 11.1 Å². The summed E-state index contributed by atoms with van der Waals surface area (Å²) < 4.78 is 40.3. The number of hydrogen-bond acceptors (Lipinski definition) is 8. The Kier molecular flexibility index (Phi) is 13.0. The molecule has 11 nitrogen and oxygen atoms in total. The molecule has 3 atom stereocenters. The van der Waals surface area contributed by atoms with E-state index >= 15 is 0 Å². The number of rotatable bonds is 11. The van der Waals surface area contributed by atoms with Crippen molar-refractivity contribution in [2.75, 3.05) is 36.2 Å². The molecule has 4 heterocycles. The van der Waals surface area contributed by atoms with Crippen LogP contribution in [-0.4, -0.2) is 60.4 Å². The number of carbonyl (C=O) groups is 1. The van der Waals surface area contributed by atoms with Crippen LogP contribution in [0.25, 0.3) is 11.3 Å². The minimum Gasteiger partial charge on any atom is -0.484 e. The lowest BCUT2D eigenvalue weighted by atomic mass is 9.79. The van der Waals surface area contributed by atoms with Gasteiger partial charge in [0.25, 0.3) is 0 Å². The number of fused-ring (bicyclic) bond motifs is 2. The molecule has 0 spiro atoms. The largest absolute Gasteiger partial charge is 0.484 e. The smallest absolute Gasteiger partial charge is 0.231 e. The fraction of sp³-hybridized carbons (Fsp3) is 0.476. The molecule has 13 heteroatoms. The van der Waals surface area contributed by atoms with E-state index in [1.807, 2.05) is 39.0 Å². The van der Waals surface area contributed by atoms with Crippen molar-refractivity contribution in [3.63, 3.8) is 0 Å². The number of carbonyl (C=O) groups excluding carboxylic acids is 1. The van der Waals surface area contributed by atoms with E-state index in [0.717, 1.165) is 42.5 Å². The molecule has 1 amide bonds. The highest BCUT2D eigenvalue weighted by atomic mass is 32.2. The number of benzene rings is 2. The summed E-state index contributed by atoms with van der Waals surface area (Å²) in [6.07, 6.45) is 12.4. The van der Waals surface area contributed by atoms with Crippen molar-refractivity contribution in [2.45, 2.75) is 103 Å². The van der Waals surface area contributed by atoms with Crippen molar-refractivity contribution in [1.29, 1.82) is 0 Å². The quantitative estimate of drug-likeness (QED) is 0.142. The minimum absolute atomic E-state index is 0.117. The topological polar surface area (TPSA) is 116 Å². The summed E-state index contributed by atoms with van der Waals surface area (Å²) in [5.74, 6) is 2.44. The molecule has 55 heavy (non-hydrogen) atoms. The molecule has 7 rings (SSSR count). The van der Waals surface area contributed by atoms with Crippen molar-refractivity contribution in [3.8, 4) is 11.4 Å². The Morgan fingerprint density at radius 3 is 2.47 bits per heavy atom. The summed E-state index contributed by atoms with van der Waals surface area (Å²) in [5.41, 5.74) is 5.36. The number of halogens is 1. The molecule has 1 saturated heterocycles. The molecular weight excluding hydrogens is 718 g/mol. The van der Waals surface area contributed by atoms with E-state index in [-0.39, 0.29) is 36.3 Å². The zero-order valence-corrected chi connectivity index (χ0v) is 33.7. The second-order valence-corrected chi connectivity index (χ2v) is 16.5. The van der Waals surface area contributed by atoms with Gasteiger partial charge in [-0.15, -0.1) is 10.2 Å². The first-order chi connectivity index (χ1) is 26.4. The van der Waals surface area contributed by atoms with Crippen molar-refractivity contribution in [1.82, 2.24) is 24.4 Å². The lowest BCUT2D eigenvalue weighted by Crippen LogP contribution is -2.31. The van der Waals surface area contributed by atoms with Crippen LogP contribution in [0.5, 0.6) is 5.75 Å². The van der Waals surface area contributed by atoms with Crippen LogP contribution >= 0.6 is 0 Å². The molecule has 1 unspecified atom stereocenters.